The van der Waals surface area contributed by atoms with E-state index in [1.165, 1.54) is 19.3 Å². The first-order chi connectivity index (χ1) is 8.58. The van der Waals surface area contributed by atoms with Crippen molar-refractivity contribution in [2.75, 3.05) is 13.1 Å². The zero-order chi connectivity index (χ0) is 13.1. The molecule has 2 rings (SSSR count). The summed E-state index contributed by atoms with van der Waals surface area (Å²) in [5.41, 5.74) is 0.641. The van der Waals surface area contributed by atoms with Gasteiger partial charge in [-0.05, 0) is 44.5 Å². The molecule has 0 aromatic heterocycles. The average Bonchev–Trinajstić information content (AvgIpc) is 2.35. The molecule has 1 heterocycles. The van der Waals surface area contributed by atoms with Crippen LogP contribution in [0, 0.1) is 0 Å². The largest absolute Gasteiger partial charge is 0.293 e. The number of piperidine rings is 1. The van der Waals surface area contributed by atoms with Gasteiger partial charge in [0.05, 0.1) is 16.6 Å². The molecule has 1 atom stereocenters. The summed E-state index contributed by atoms with van der Waals surface area (Å²) >= 11 is 11.8. The van der Waals surface area contributed by atoms with Gasteiger partial charge < -0.3 is 0 Å². The molecule has 98 valence electrons. The molecule has 0 radical (unpaired) electrons. The second kappa shape index (κ2) is 6.05. The number of halogens is 2. The zero-order valence-electron chi connectivity index (χ0n) is 10.5. The number of Topliss-reactive ketones (excluding diaryl/α,β-unsaturated/α-hetero) is 1. The number of nitrogens with zero attached hydrogens (tertiary/aromatic N) is 1. The minimum atomic E-state index is 0.113. The molecule has 0 N–H and O–H groups in total. The standard InChI is InChI=1S/C14H17Cl2NO/c1-10-4-2-3-7-17(10)9-14(18)11-5-6-12(15)13(16)8-11/h5-6,8,10H,2-4,7,9H2,1H3. The number of benzene rings is 1. The van der Waals surface area contributed by atoms with Crippen molar-refractivity contribution in [2.24, 2.45) is 0 Å². The van der Waals surface area contributed by atoms with E-state index in [9.17, 15) is 4.79 Å². The molecule has 0 bridgehead atoms. The maximum absolute atomic E-state index is 12.2. The van der Waals surface area contributed by atoms with Gasteiger partial charge in [0.2, 0.25) is 0 Å². The molecule has 0 spiro atoms. The van der Waals surface area contributed by atoms with Gasteiger partial charge in [0.15, 0.2) is 5.78 Å². The van der Waals surface area contributed by atoms with E-state index in [-0.39, 0.29) is 5.78 Å². The molecular formula is C14H17Cl2NO. The molecular weight excluding hydrogens is 269 g/mol. The summed E-state index contributed by atoms with van der Waals surface area (Å²) in [6, 6.07) is 5.56. The molecule has 0 aliphatic carbocycles. The monoisotopic (exact) mass is 285 g/mol. The number of rotatable bonds is 3. The number of carbonyl (C=O) groups is 1. The number of hydrogen-bond acceptors (Lipinski definition) is 2. The second-order valence-electron chi connectivity index (χ2n) is 4.87. The molecule has 4 heteroatoms. The fraction of sp³-hybridized carbons (Fsp3) is 0.500. The van der Waals surface area contributed by atoms with Crippen LogP contribution < -0.4 is 0 Å². The Hall–Kier alpha value is -0.570. The van der Waals surface area contributed by atoms with Crippen LogP contribution in [-0.4, -0.2) is 29.8 Å². The predicted octanol–water partition coefficient (Wildman–Crippen LogP) is 4.05. The third-order valence-corrected chi connectivity index (χ3v) is 4.27. The lowest BCUT2D eigenvalue weighted by atomic mass is 10.0. The third kappa shape index (κ3) is 3.25. The summed E-state index contributed by atoms with van der Waals surface area (Å²) in [7, 11) is 0. The number of ketones is 1. The van der Waals surface area contributed by atoms with Crippen molar-refractivity contribution in [3.05, 3.63) is 33.8 Å². The Labute approximate surface area is 118 Å². The van der Waals surface area contributed by atoms with E-state index in [1.807, 2.05) is 0 Å². The lowest BCUT2D eigenvalue weighted by Crippen LogP contribution is -2.40. The summed E-state index contributed by atoms with van der Waals surface area (Å²) in [4.78, 5) is 14.4. The van der Waals surface area contributed by atoms with E-state index < -0.39 is 0 Å². The predicted molar refractivity (Wildman–Crippen MR) is 75.7 cm³/mol. The Morgan fingerprint density at radius 1 is 1.33 bits per heavy atom. The van der Waals surface area contributed by atoms with Crippen molar-refractivity contribution in [1.82, 2.24) is 4.90 Å². The van der Waals surface area contributed by atoms with Crippen LogP contribution in [0.5, 0.6) is 0 Å². The summed E-state index contributed by atoms with van der Waals surface area (Å²) in [6.45, 7) is 3.66. The van der Waals surface area contributed by atoms with Gasteiger partial charge in [-0.2, -0.15) is 0 Å². The van der Waals surface area contributed by atoms with E-state index in [4.69, 9.17) is 23.2 Å². The van der Waals surface area contributed by atoms with Crippen LogP contribution >= 0.6 is 23.2 Å². The van der Waals surface area contributed by atoms with Gasteiger partial charge in [-0.15, -0.1) is 0 Å². The van der Waals surface area contributed by atoms with Gasteiger partial charge in [0, 0.05) is 11.6 Å². The highest BCUT2D eigenvalue weighted by atomic mass is 35.5. The first-order valence-electron chi connectivity index (χ1n) is 6.30. The molecule has 1 aromatic carbocycles. The summed E-state index contributed by atoms with van der Waals surface area (Å²) in [5, 5.41) is 0.925. The Morgan fingerprint density at radius 3 is 2.78 bits per heavy atom. The Kier molecular flexibility index (Phi) is 4.66. The fourth-order valence-electron chi connectivity index (χ4n) is 2.34. The molecule has 18 heavy (non-hydrogen) atoms. The van der Waals surface area contributed by atoms with Crippen LogP contribution in [-0.2, 0) is 0 Å². The van der Waals surface area contributed by atoms with Crippen LogP contribution in [0.3, 0.4) is 0 Å². The molecule has 0 saturated carbocycles. The number of hydrogen-bond donors (Lipinski definition) is 0. The van der Waals surface area contributed by atoms with Crippen molar-refractivity contribution in [3.63, 3.8) is 0 Å². The van der Waals surface area contributed by atoms with Crippen molar-refractivity contribution in [1.29, 1.82) is 0 Å². The van der Waals surface area contributed by atoms with Crippen LogP contribution in [0.4, 0.5) is 0 Å². The SMILES string of the molecule is CC1CCCCN1CC(=O)c1ccc(Cl)c(Cl)c1. The van der Waals surface area contributed by atoms with Crippen molar-refractivity contribution >= 4 is 29.0 Å². The highest BCUT2D eigenvalue weighted by Crippen LogP contribution is 2.23. The van der Waals surface area contributed by atoms with E-state index in [2.05, 4.69) is 11.8 Å². The Morgan fingerprint density at radius 2 is 2.11 bits per heavy atom. The minimum absolute atomic E-state index is 0.113. The summed E-state index contributed by atoms with van der Waals surface area (Å²) in [6.07, 6.45) is 3.62. The van der Waals surface area contributed by atoms with Gasteiger partial charge in [0.1, 0.15) is 0 Å². The molecule has 1 aliphatic heterocycles. The average molecular weight is 286 g/mol. The molecule has 0 amide bonds. The molecule has 1 fully saturated rings. The highest BCUT2D eigenvalue weighted by Gasteiger charge is 2.21. The van der Waals surface area contributed by atoms with Crippen molar-refractivity contribution in [2.45, 2.75) is 32.2 Å². The molecule has 1 aromatic rings. The lowest BCUT2D eigenvalue weighted by molar-refractivity contribution is 0.0860. The van der Waals surface area contributed by atoms with Crippen molar-refractivity contribution in [3.8, 4) is 0 Å². The zero-order valence-corrected chi connectivity index (χ0v) is 12.0. The first-order valence-corrected chi connectivity index (χ1v) is 7.06. The second-order valence-corrected chi connectivity index (χ2v) is 5.68. The topological polar surface area (TPSA) is 20.3 Å². The van der Waals surface area contributed by atoms with Crippen molar-refractivity contribution < 1.29 is 4.79 Å². The Balaban J connectivity index is 2.04. The third-order valence-electron chi connectivity index (χ3n) is 3.53. The minimum Gasteiger partial charge on any atom is -0.293 e. The van der Waals surface area contributed by atoms with Crippen LogP contribution in [0.25, 0.3) is 0 Å². The van der Waals surface area contributed by atoms with Crippen LogP contribution in [0.15, 0.2) is 18.2 Å². The summed E-state index contributed by atoms with van der Waals surface area (Å²) < 4.78 is 0. The lowest BCUT2D eigenvalue weighted by Gasteiger charge is -2.32. The van der Waals surface area contributed by atoms with Gasteiger partial charge in [0.25, 0.3) is 0 Å². The molecule has 1 unspecified atom stereocenters. The van der Waals surface area contributed by atoms with Gasteiger partial charge in [-0.25, -0.2) is 0 Å². The van der Waals surface area contributed by atoms with Gasteiger partial charge >= 0.3 is 0 Å². The normalized spacial score (nSPS) is 20.9. The quantitative estimate of drug-likeness (QED) is 0.781. The molecule has 2 nitrogen and oxygen atoms in total. The first kappa shape index (κ1) is 13.9. The summed E-state index contributed by atoms with van der Waals surface area (Å²) in [5.74, 6) is 0.113. The van der Waals surface area contributed by atoms with E-state index in [0.29, 0.717) is 28.2 Å². The maximum atomic E-state index is 12.2. The van der Waals surface area contributed by atoms with Gasteiger partial charge in [-0.1, -0.05) is 29.6 Å². The molecule has 1 saturated heterocycles. The number of carbonyl (C=O) groups excluding carboxylic acids is 1. The van der Waals surface area contributed by atoms with Crippen LogP contribution in [0.1, 0.15) is 36.5 Å². The van der Waals surface area contributed by atoms with E-state index >= 15 is 0 Å². The molecule has 1 aliphatic rings. The van der Waals surface area contributed by atoms with Gasteiger partial charge in [-0.3, -0.25) is 9.69 Å². The maximum Gasteiger partial charge on any atom is 0.176 e. The number of likely N-dealkylation sites (tertiary alicyclic amines) is 1. The Bertz CT molecular complexity index is 447. The van der Waals surface area contributed by atoms with Crippen LogP contribution in [0.2, 0.25) is 10.0 Å². The highest BCUT2D eigenvalue weighted by molar-refractivity contribution is 6.42. The fourth-order valence-corrected chi connectivity index (χ4v) is 2.64. The van der Waals surface area contributed by atoms with E-state index in [0.717, 1.165) is 6.54 Å². The van der Waals surface area contributed by atoms with E-state index in [1.54, 1.807) is 18.2 Å². The smallest absolute Gasteiger partial charge is 0.176 e.